The number of fused-ring (bicyclic) bond motifs is 4. The summed E-state index contributed by atoms with van der Waals surface area (Å²) in [5.41, 5.74) is -2.43. The predicted molar refractivity (Wildman–Crippen MR) is 185 cm³/mol. The van der Waals surface area contributed by atoms with Crippen molar-refractivity contribution in [3.05, 3.63) is 195 Å². The van der Waals surface area contributed by atoms with Crippen molar-refractivity contribution in [3.8, 4) is 0 Å². The highest BCUT2D eigenvalue weighted by Gasteiger charge is 2.57. The standard InChI is InChI=1S/C38H26O4S4/c39-35(31-13-5-17-43-31)23-9-1-2-10-24(23)36(40,32-14-6-18-44-32)28-22-30-29(21-27(28)35)37(41,33-15-7-19-45-33)25-11-3-4-12-26(25)38(30,42)34-16-8-20-46-34/h1-22,39-42H. The van der Waals surface area contributed by atoms with E-state index in [-0.39, 0.29) is 0 Å². The average molecular weight is 675 g/mol. The SMILES string of the molecule is OC1(c2cccs2)c2ccccc2C(O)(c2cccs2)c2cc3c(cc21)C(O)(c1cccs1)c1ccccc1C3(O)c1cccs1. The van der Waals surface area contributed by atoms with E-state index < -0.39 is 22.4 Å². The molecule has 4 unspecified atom stereocenters. The monoisotopic (exact) mass is 674 g/mol. The number of rotatable bonds is 4. The minimum atomic E-state index is -1.65. The second kappa shape index (κ2) is 9.90. The van der Waals surface area contributed by atoms with Gasteiger partial charge in [-0.05, 0) is 57.9 Å². The fraction of sp³-hybridized carbons (Fsp3) is 0.105. The zero-order chi connectivity index (χ0) is 31.3. The molecule has 3 aromatic carbocycles. The fourth-order valence-corrected chi connectivity index (χ4v) is 11.0. The number of benzene rings is 3. The summed E-state index contributed by atoms with van der Waals surface area (Å²) < 4.78 is 0. The van der Waals surface area contributed by atoms with E-state index in [1.807, 2.05) is 131 Å². The molecule has 0 saturated carbocycles. The van der Waals surface area contributed by atoms with Crippen molar-refractivity contribution < 1.29 is 20.4 Å². The molecule has 0 aliphatic heterocycles. The number of hydrogen-bond donors (Lipinski definition) is 4. The van der Waals surface area contributed by atoms with Crippen LogP contribution in [0, 0.1) is 0 Å². The third kappa shape index (κ3) is 3.45. The molecule has 4 N–H and O–H groups in total. The van der Waals surface area contributed by atoms with Gasteiger partial charge in [0.15, 0.2) is 0 Å². The van der Waals surface area contributed by atoms with Crippen LogP contribution in [0.2, 0.25) is 0 Å². The summed E-state index contributed by atoms with van der Waals surface area (Å²) in [6, 6.07) is 33.9. The van der Waals surface area contributed by atoms with Gasteiger partial charge in [0.2, 0.25) is 0 Å². The third-order valence-corrected chi connectivity index (χ3v) is 13.6. The van der Waals surface area contributed by atoms with Gasteiger partial charge in [-0.1, -0.05) is 72.8 Å². The Bertz CT molecular complexity index is 1910. The molecule has 8 heteroatoms. The molecule has 4 heterocycles. The minimum absolute atomic E-state index is 0.464. The lowest BCUT2D eigenvalue weighted by Gasteiger charge is -2.48. The van der Waals surface area contributed by atoms with E-state index in [2.05, 4.69) is 0 Å². The van der Waals surface area contributed by atoms with Gasteiger partial charge in [0.1, 0.15) is 22.4 Å². The van der Waals surface area contributed by atoms with Crippen LogP contribution in [0.5, 0.6) is 0 Å². The summed E-state index contributed by atoms with van der Waals surface area (Å²) in [5, 5.41) is 60.3. The zero-order valence-electron chi connectivity index (χ0n) is 24.1. The largest absolute Gasteiger partial charge is 0.375 e. The molecule has 46 heavy (non-hydrogen) atoms. The van der Waals surface area contributed by atoms with Crippen LogP contribution in [0.25, 0.3) is 0 Å². The number of hydrogen-bond acceptors (Lipinski definition) is 8. The van der Waals surface area contributed by atoms with Crippen LogP contribution >= 0.6 is 45.3 Å². The van der Waals surface area contributed by atoms with Crippen molar-refractivity contribution >= 4 is 45.3 Å². The molecular formula is C38H26O4S4. The van der Waals surface area contributed by atoms with Gasteiger partial charge in [-0.15, -0.1) is 45.3 Å². The second-order valence-electron chi connectivity index (χ2n) is 11.8. The normalized spacial score (nSPS) is 26.2. The fourth-order valence-electron chi connectivity index (χ4n) is 7.61. The summed E-state index contributed by atoms with van der Waals surface area (Å²) in [6.07, 6.45) is 0. The molecule has 7 aromatic rings. The minimum Gasteiger partial charge on any atom is -0.375 e. The highest BCUT2D eigenvalue weighted by atomic mass is 32.1. The van der Waals surface area contributed by atoms with E-state index in [0.29, 0.717) is 64.0 Å². The van der Waals surface area contributed by atoms with Crippen molar-refractivity contribution in [1.82, 2.24) is 0 Å². The van der Waals surface area contributed by atoms with Crippen molar-refractivity contribution in [3.63, 3.8) is 0 Å². The molecule has 0 amide bonds. The maximum atomic E-state index is 13.1. The van der Waals surface area contributed by atoms with Crippen molar-refractivity contribution in [1.29, 1.82) is 0 Å². The first-order valence-corrected chi connectivity index (χ1v) is 18.3. The number of thiophene rings is 4. The molecule has 0 bridgehead atoms. The van der Waals surface area contributed by atoms with Crippen LogP contribution in [0.1, 0.15) is 64.0 Å². The Kier molecular flexibility index (Phi) is 6.14. The van der Waals surface area contributed by atoms with Gasteiger partial charge in [-0.2, -0.15) is 0 Å². The third-order valence-electron chi connectivity index (χ3n) is 9.64. The van der Waals surface area contributed by atoms with Gasteiger partial charge in [0, 0.05) is 64.0 Å². The predicted octanol–water partition coefficient (Wildman–Crippen LogP) is 7.70. The average Bonchev–Trinajstić information content (AvgIpc) is 3.94. The topological polar surface area (TPSA) is 80.9 Å². The summed E-state index contributed by atoms with van der Waals surface area (Å²) >= 11 is 5.75. The molecule has 0 spiro atoms. The zero-order valence-corrected chi connectivity index (χ0v) is 27.4. The summed E-state index contributed by atoms with van der Waals surface area (Å²) in [7, 11) is 0. The first kappa shape index (κ1) is 28.5. The quantitative estimate of drug-likeness (QED) is 0.154. The van der Waals surface area contributed by atoms with E-state index >= 15 is 0 Å². The molecule has 0 saturated heterocycles. The highest BCUT2D eigenvalue weighted by Crippen LogP contribution is 2.60. The Morgan fingerprint density at radius 3 is 0.739 bits per heavy atom. The maximum absolute atomic E-state index is 13.1. The molecule has 4 nitrogen and oxygen atoms in total. The maximum Gasteiger partial charge on any atom is 0.150 e. The van der Waals surface area contributed by atoms with E-state index in [4.69, 9.17) is 0 Å². The van der Waals surface area contributed by atoms with Gasteiger partial charge < -0.3 is 20.4 Å². The van der Waals surface area contributed by atoms with Crippen molar-refractivity contribution in [2.24, 2.45) is 0 Å². The Balaban J connectivity index is 1.49. The summed E-state index contributed by atoms with van der Waals surface area (Å²) in [5.74, 6) is 0. The van der Waals surface area contributed by atoms with E-state index in [1.165, 1.54) is 45.3 Å². The van der Waals surface area contributed by atoms with Gasteiger partial charge >= 0.3 is 0 Å². The van der Waals surface area contributed by atoms with Crippen LogP contribution in [-0.2, 0) is 22.4 Å². The molecule has 4 aromatic heterocycles. The smallest absolute Gasteiger partial charge is 0.150 e. The van der Waals surface area contributed by atoms with Gasteiger partial charge in [-0.3, -0.25) is 0 Å². The lowest BCUT2D eigenvalue weighted by Crippen LogP contribution is -2.47. The molecule has 2 aliphatic rings. The van der Waals surface area contributed by atoms with Crippen molar-refractivity contribution in [2.75, 3.05) is 0 Å². The van der Waals surface area contributed by atoms with Gasteiger partial charge in [0.05, 0.1) is 0 Å². The Hall–Kier alpha value is -3.70. The Morgan fingerprint density at radius 2 is 0.543 bits per heavy atom. The molecule has 226 valence electrons. The molecule has 9 rings (SSSR count). The highest BCUT2D eigenvalue weighted by molar-refractivity contribution is 7.11. The summed E-state index contributed by atoms with van der Waals surface area (Å²) in [6.45, 7) is 0. The molecule has 2 aliphatic carbocycles. The Morgan fingerprint density at radius 1 is 0.304 bits per heavy atom. The molecule has 0 fully saturated rings. The van der Waals surface area contributed by atoms with Crippen molar-refractivity contribution in [2.45, 2.75) is 22.4 Å². The lowest BCUT2D eigenvalue weighted by atomic mass is 9.61. The molecule has 0 radical (unpaired) electrons. The van der Waals surface area contributed by atoms with Crippen LogP contribution in [0.15, 0.2) is 131 Å². The van der Waals surface area contributed by atoms with E-state index in [0.717, 1.165) is 0 Å². The molecular weight excluding hydrogens is 649 g/mol. The van der Waals surface area contributed by atoms with Crippen LogP contribution in [0.3, 0.4) is 0 Å². The number of aliphatic hydroxyl groups is 4. The van der Waals surface area contributed by atoms with Crippen LogP contribution in [-0.4, -0.2) is 20.4 Å². The first-order valence-electron chi connectivity index (χ1n) is 14.8. The van der Waals surface area contributed by atoms with Crippen LogP contribution in [0.4, 0.5) is 0 Å². The first-order chi connectivity index (χ1) is 22.3. The van der Waals surface area contributed by atoms with Crippen LogP contribution < -0.4 is 0 Å². The molecule has 4 atom stereocenters. The Labute approximate surface area is 281 Å². The van der Waals surface area contributed by atoms with Gasteiger partial charge in [-0.25, -0.2) is 0 Å². The second-order valence-corrected chi connectivity index (χ2v) is 15.6. The van der Waals surface area contributed by atoms with E-state index in [9.17, 15) is 20.4 Å². The lowest BCUT2D eigenvalue weighted by molar-refractivity contribution is 0.0681. The summed E-state index contributed by atoms with van der Waals surface area (Å²) in [4.78, 5) is 2.77. The van der Waals surface area contributed by atoms with E-state index in [1.54, 1.807) is 0 Å². The van der Waals surface area contributed by atoms with Gasteiger partial charge in [0.25, 0.3) is 0 Å².